The van der Waals surface area contributed by atoms with Crippen LogP contribution in [0, 0.1) is 0 Å². The van der Waals surface area contributed by atoms with Crippen LogP contribution in [0.5, 0.6) is 5.75 Å². The summed E-state index contributed by atoms with van der Waals surface area (Å²) in [5.41, 5.74) is 3.30. The van der Waals surface area contributed by atoms with Crippen LogP contribution in [-0.4, -0.2) is 69.5 Å². The molecule has 0 aliphatic carbocycles. The fourth-order valence-corrected chi connectivity index (χ4v) is 4.20. The van der Waals surface area contributed by atoms with Gasteiger partial charge in [0.05, 0.1) is 10.6 Å². The monoisotopic (exact) mass is 530 g/mol. The van der Waals surface area contributed by atoms with E-state index in [-0.39, 0.29) is 34.9 Å². The molecule has 37 heavy (non-hydrogen) atoms. The summed E-state index contributed by atoms with van der Waals surface area (Å²) in [5.74, 6) is -2.98. The average molecular weight is 531 g/mol. The number of nitrogens with one attached hydrogen (secondary N) is 2. The summed E-state index contributed by atoms with van der Waals surface area (Å²) in [4.78, 5) is 52.4. The molecule has 0 unspecified atom stereocenters. The van der Waals surface area contributed by atoms with Crippen molar-refractivity contribution in [3.05, 3.63) is 64.2 Å². The van der Waals surface area contributed by atoms with Gasteiger partial charge in [-0.05, 0) is 68.8 Å². The molecule has 0 saturated carbocycles. The second-order valence-corrected chi connectivity index (χ2v) is 9.33. The standard InChI is InChI=1S/C26H31ClN4O6/c1-17(26(36)37)29-31(23(33)10-13-30-11-3-2-4-12-30)25(35)21-9-8-19(15-22(21)27)24(34)28-16-18-6-5-7-20(32)14-18/h5-9,14-15,17,29,32H,2-4,10-13,16H2,1H3,(H,28,34)(H,36,37)/t17-/m0/s1. The number of rotatable bonds is 10. The number of hydrogen-bond donors (Lipinski definition) is 4. The average Bonchev–Trinajstić information content (AvgIpc) is 2.89. The first kappa shape index (κ1) is 28.1. The number of carbonyl (C=O) groups excluding carboxylic acids is 3. The van der Waals surface area contributed by atoms with E-state index in [0.29, 0.717) is 17.1 Å². The normalized spacial score (nSPS) is 14.5. The van der Waals surface area contributed by atoms with Gasteiger partial charge in [0.2, 0.25) is 5.91 Å². The Morgan fingerprint density at radius 2 is 1.81 bits per heavy atom. The van der Waals surface area contributed by atoms with Gasteiger partial charge in [0.1, 0.15) is 11.8 Å². The molecular formula is C26H31ClN4O6. The van der Waals surface area contributed by atoms with E-state index in [0.717, 1.165) is 32.4 Å². The predicted octanol–water partition coefficient (Wildman–Crippen LogP) is 2.80. The minimum Gasteiger partial charge on any atom is -0.508 e. The Labute approximate surface area is 220 Å². The van der Waals surface area contributed by atoms with Gasteiger partial charge in [0, 0.05) is 25.1 Å². The maximum Gasteiger partial charge on any atom is 0.322 e. The lowest BCUT2D eigenvalue weighted by Gasteiger charge is -2.28. The van der Waals surface area contributed by atoms with Crippen molar-refractivity contribution < 1.29 is 29.4 Å². The summed E-state index contributed by atoms with van der Waals surface area (Å²) in [6.07, 6.45) is 3.27. The minimum atomic E-state index is -1.23. The van der Waals surface area contributed by atoms with E-state index in [1.54, 1.807) is 12.1 Å². The van der Waals surface area contributed by atoms with Crippen LogP contribution >= 0.6 is 11.6 Å². The zero-order valence-electron chi connectivity index (χ0n) is 20.6. The van der Waals surface area contributed by atoms with E-state index >= 15 is 0 Å². The number of hydrazine groups is 1. The van der Waals surface area contributed by atoms with E-state index in [9.17, 15) is 29.4 Å². The Kier molecular flexibility index (Phi) is 10.0. The van der Waals surface area contributed by atoms with Crippen LogP contribution in [0.2, 0.25) is 5.02 Å². The molecule has 2 aromatic carbocycles. The smallest absolute Gasteiger partial charge is 0.322 e. The van der Waals surface area contributed by atoms with Gasteiger partial charge >= 0.3 is 5.97 Å². The summed E-state index contributed by atoms with van der Waals surface area (Å²) < 4.78 is 0. The second kappa shape index (κ2) is 13.2. The van der Waals surface area contributed by atoms with Crippen LogP contribution in [0.25, 0.3) is 0 Å². The lowest BCUT2D eigenvalue weighted by Crippen LogP contribution is -2.53. The van der Waals surface area contributed by atoms with Crippen molar-refractivity contribution in [1.82, 2.24) is 20.7 Å². The topological polar surface area (TPSA) is 139 Å². The summed E-state index contributed by atoms with van der Waals surface area (Å²) in [7, 11) is 0. The number of halogens is 1. The molecule has 1 aliphatic rings. The third-order valence-corrected chi connectivity index (χ3v) is 6.37. The molecule has 0 spiro atoms. The van der Waals surface area contributed by atoms with Crippen molar-refractivity contribution in [3.8, 4) is 5.75 Å². The van der Waals surface area contributed by atoms with E-state index in [1.807, 2.05) is 0 Å². The van der Waals surface area contributed by atoms with Crippen molar-refractivity contribution in [1.29, 1.82) is 0 Å². The van der Waals surface area contributed by atoms with E-state index in [4.69, 9.17) is 11.6 Å². The maximum atomic E-state index is 13.3. The molecule has 11 heteroatoms. The number of aromatic hydroxyl groups is 1. The summed E-state index contributed by atoms with van der Waals surface area (Å²) >= 11 is 6.33. The molecule has 10 nitrogen and oxygen atoms in total. The fourth-order valence-electron chi connectivity index (χ4n) is 3.94. The Morgan fingerprint density at radius 3 is 2.46 bits per heavy atom. The zero-order chi connectivity index (χ0) is 26.9. The van der Waals surface area contributed by atoms with Crippen molar-refractivity contribution in [2.24, 2.45) is 0 Å². The molecule has 0 aromatic heterocycles. The van der Waals surface area contributed by atoms with Crippen LogP contribution in [0.1, 0.15) is 58.9 Å². The van der Waals surface area contributed by atoms with Crippen LogP contribution in [0.3, 0.4) is 0 Å². The van der Waals surface area contributed by atoms with Gasteiger partial charge in [-0.2, -0.15) is 0 Å². The van der Waals surface area contributed by atoms with Gasteiger partial charge in [-0.1, -0.05) is 30.2 Å². The van der Waals surface area contributed by atoms with E-state index in [2.05, 4.69) is 15.6 Å². The lowest BCUT2D eigenvalue weighted by atomic mass is 10.1. The Morgan fingerprint density at radius 1 is 1.08 bits per heavy atom. The minimum absolute atomic E-state index is 0.0260. The highest BCUT2D eigenvalue weighted by molar-refractivity contribution is 6.34. The Hall–Kier alpha value is -3.47. The van der Waals surface area contributed by atoms with E-state index in [1.165, 1.54) is 37.3 Å². The summed E-state index contributed by atoms with van der Waals surface area (Å²) in [6.45, 7) is 3.70. The summed E-state index contributed by atoms with van der Waals surface area (Å²) in [5, 5.41) is 22.2. The number of piperidine rings is 1. The van der Waals surface area contributed by atoms with Gasteiger partial charge in [-0.15, -0.1) is 0 Å². The number of phenols is 1. The molecule has 2 aromatic rings. The number of aliphatic carboxylic acids is 1. The van der Waals surface area contributed by atoms with Crippen molar-refractivity contribution in [2.75, 3.05) is 19.6 Å². The third-order valence-electron chi connectivity index (χ3n) is 6.06. The number of benzene rings is 2. The molecule has 1 saturated heterocycles. The SMILES string of the molecule is C[C@H](NN(C(=O)CCN1CCCCC1)C(=O)c1ccc(C(=O)NCc2cccc(O)c2)cc1Cl)C(=O)O. The largest absolute Gasteiger partial charge is 0.508 e. The molecule has 1 atom stereocenters. The fraction of sp³-hybridized carbons (Fsp3) is 0.385. The molecule has 0 radical (unpaired) electrons. The molecule has 3 amide bonds. The first-order valence-electron chi connectivity index (χ1n) is 12.1. The number of carboxylic acids is 1. The molecule has 3 rings (SSSR count). The maximum absolute atomic E-state index is 13.3. The van der Waals surface area contributed by atoms with Crippen LogP contribution < -0.4 is 10.7 Å². The first-order chi connectivity index (χ1) is 17.7. The van der Waals surface area contributed by atoms with Crippen LogP contribution in [0.15, 0.2) is 42.5 Å². The van der Waals surface area contributed by atoms with Gasteiger partial charge in [-0.25, -0.2) is 10.4 Å². The van der Waals surface area contributed by atoms with Gasteiger partial charge in [0.15, 0.2) is 0 Å². The third kappa shape index (κ3) is 8.01. The molecule has 4 N–H and O–H groups in total. The molecular weight excluding hydrogens is 500 g/mol. The van der Waals surface area contributed by atoms with Crippen molar-refractivity contribution in [2.45, 2.75) is 45.2 Å². The van der Waals surface area contributed by atoms with Crippen molar-refractivity contribution in [3.63, 3.8) is 0 Å². The Bertz CT molecular complexity index is 1150. The number of nitrogens with zero attached hydrogens (tertiary/aromatic N) is 2. The lowest BCUT2D eigenvalue weighted by molar-refractivity contribution is -0.142. The Balaban J connectivity index is 1.71. The number of carboxylic acid groups (broad SMARTS) is 1. The number of hydrogen-bond acceptors (Lipinski definition) is 7. The van der Waals surface area contributed by atoms with Gasteiger partial charge in [-0.3, -0.25) is 19.2 Å². The highest BCUT2D eigenvalue weighted by Crippen LogP contribution is 2.21. The van der Waals surface area contributed by atoms with Crippen LogP contribution in [-0.2, 0) is 16.1 Å². The van der Waals surface area contributed by atoms with E-state index < -0.39 is 29.7 Å². The number of amides is 3. The second-order valence-electron chi connectivity index (χ2n) is 8.92. The van der Waals surface area contributed by atoms with Gasteiger partial charge in [0.25, 0.3) is 11.8 Å². The van der Waals surface area contributed by atoms with Crippen molar-refractivity contribution >= 4 is 35.3 Å². The summed E-state index contributed by atoms with van der Waals surface area (Å²) in [6, 6.07) is 9.28. The highest BCUT2D eigenvalue weighted by atomic mass is 35.5. The number of likely N-dealkylation sites (tertiary alicyclic amines) is 1. The number of imide groups is 1. The molecule has 1 aliphatic heterocycles. The number of carbonyl (C=O) groups is 4. The van der Waals surface area contributed by atoms with Gasteiger partial charge < -0.3 is 20.4 Å². The molecule has 198 valence electrons. The molecule has 1 heterocycles. The molecule has 0 bridgehead atoms. The predicted molar refractivity (Wildman–Crippen MR) is 137 cm³/mol. The molecule has 1 fully saturated rings. The first-order valence-corrected chi connectivity index (χ1v) is 12.5. The zero-order valence-corrected chi connectivity index (χ0v) is 21.3. The highest BCUT2D eigenvalue weighted by Gasteiger charge is 2.29. The quantitative estimate of drug-likeness (QED) is 0.344. The van der Waals surface area contributed by atoms with Crippen LogP contribution in [0.4, 0.5) is 0 Å². The number of phenolic OH excluding ortho intramolecular Hbond substituents is 1.